The van der Waals surface area contributed by atoms with Crippen LogP contribution in [0.4, 0.5) is 16.2 Å². The molecule has 0 spiro atoms. The Morgan fingerprint density at radius 1 is 0.852 bits per heavy atom. The van der Waals surface area contributed by atoms with Crippen LogP contribution in [0.25, 0.3) is 0 Å². The highest BCUT2D eigenvalue weighted by molar-refractivity contribution is 5.67. The van der Waals surface area contributed by atoms with E-state index in [0.29, 0.717) is 0 Å². The quantitative estimate of drug-likeness (QED) is 0.651. The normalized spacial score (nSPS) is 9.63. The van der Waals surface area contributed by atoms with E-state index in [2.05, 4.69) is 22.5 Å². The highest BCUT2D eigenvalue weighted by Gasteiger charge is 2.00. The average Bonchev–Trinajstić information content (AvgIpc) is 2.71. The van der Waals surface area contributed by atoms with Crippen molar-refractivity contribution in [2.24, 2.45) is 0 Å². The van der Waals surface area contributed by atoms with Crippen LogP contribution >= 0.6 is 0 Å². The molecule has 0 aliphatic rings. The van der Waals surface area contributed by atoms with Gasteiger partial charge in [-0.2, -0.15) is 0 Å². The largest absolute Gasteiger partial charge is 0.445 e. The first-order valence-electron chi connectivity index (χ1n) is 8.65. The molecule has 0 fully saturated rings. The van der Waals surface area contributed by atoms with Gasteiger partial charge in [-0.25, -0.2) is 4.79 Å². The Morgan fingerprint density at radius 2 is 1.56 bits per heavy atom. The number of anilines is 2. The molecule has 1 amide bonds. The highest BCUT2D eigenvalue weighted by Crippen LogP contribution is 2.16. The van der Waals surface area contributed by atoms with Crippen LogP contribution in [0.3, 0.4) is 0 Å². The van der Waals surface area contributed by atoms with Gasteiger partial charge in [-0.15, -0.1) is 0 Å². The van der Waals surface area contributed by atoms with E-state index < -0.39 is 6.09 Å². The summed E-state index contributed by atoms with van der Waals surface area (Å²) in [6, 6.07) is 27.3. The van der Waals surface area contributed by atoms with E-state index in [-0.39, 0.29) is 13.2 Å². The Morgan fingerprint density at radius 3 is 2.33 bits per heavy atom. The monoisotopic (exact) mass is 356 g/mol. The van der Waals surface area contributed by atoms with Gasteiger partial charge in [0.1, 0.15) is 6.61 Å². The molecular weight excluding hydrogens is 336 g/mol. The Bertz CT molecular complexity index is 929. The van der Waals surface area contributed by atoms with Crippen molar-refractivity contribution in [3.05, 3.63) is 96.1 Å². The summed E-state index contributed by atoms with van der Waals surface area (Å²) in [7, 11) is 0. The second-order valence-corrected chi connectivity index (χ2v) is 5.79. The van der Waals surface area contributed by atoms with Crippen LogP contribution in [0.5, 0.6) is 0 Å². The molecule has 0 aliphatic carbocycles. The summed E-state index contributed by atoms with van der Waals surface area (Å²) in [5.74, 6) is 5.97. The van der Waals surface area contributed by atoms with Gasteiger partial charge in [-0.1, -0.05) is 66.4 Å². The number of alkyl carbamates (subject to hydrolysis) is 1. The fourth-order valence-corrected chi connectivity index (χ4v) is 2.40. The molecule has 3 aromatic rings. The van der Waals surface area contributed by atoms with E-state index in [9.17, 15) is 4.79 Å². The summed E-state index contributed by atoms with van der Waals surface area (Å²) in [4.78, 5) is 11.7. The molecule has 0 aromatic heterocycles. The van der Waals surface area contributed by atoms with Crippen LogP contribution in [-0.4, -0.2) is 12.6 Å². The van der Waals surface area contributed by atoms with E-state index in [1.807, 2.05) is 84.9 Å². The average molecular weight is 356 g/mol. The van der Waals surface area contributed by atoms with Gasteiger partial charge in [0, 0.05) is 16.9 Å². The van der Waals surface area contributed by atoms with Crippen LogP contribution in [-0.2, 0) is 11.3 Å². The molecule has 2 N–H and O–H groups in total. The van der Waals surface area contributed by atoms with E-state index in [1.54, 1.807) is 0 Å². The lowest BCUT2D eigenvalue weighted by molar-refractivity contribution is 0.141. The summed E-state index contributed by atoms with van der Waals surface area (Å²) in [6.07, 6.45) is -0.479. The van der Waals surface area contributed by atoms with Crippen molar-refractivity contribution < 1.29 is 9.53 Å². The van der Waals surface area contributed by atoms with E-state index >= 15 is 0 Å². The zero-order valence-electron chi connectivity index (χ0n) is 14.8. The molecule has 0 aliphatic heterocycles. The van der Waals surface area contributed by atoms with E-state index in [4.69, 9.17) is 4.74 Å². The number of rotatable bonds is 5. The highest BCUT2D eigenvalue weighted by atomic mass is 16.5. The standard InChI is InChI=1S/C23H20N2O2/c26-23(27-18-20-9-3-1-4-10-20)24-16-8-12-19-11-7-15-22(17-19)25-21-13-5-2-6-14-21/h1-7,9-11,13-15,17,25H,16,18H2,(H,24,26). The summed E-state index contributed by atoms with van der Waals surface area (Å²) < 4.78 is 5.14. The lowest BCUT2D eigenvalue weighted by Crippen LogP contribution is -2.24. The molecule has 134 valence electrons. The first kappa shape index (κ1) is 18.1. The summed E-state index contributed by atoms with van der Waals surface area (Å²) in [5, 5.41) is 5.95. The third kappa shape index (κ3) is 6.26. The minimum absolute atomic E-state index is 0.226. The zero-order valence-corrected chi connectivity index (χ0v) is 14.8. The lowest BCUT2D eigenvalue weighted by atomic mass is 10.2. The maximum Gasteiger partial charge on any atom is 0.408 e. The smallest absolute Gasteiger partial charge is 0.408 e. The van der Waals surface area contributed by atoms with Gasteiger partial charge < -0.3 is 15.4 Å². The zero-order chi connectivity index (χ0) is 18.7. The number of benzene rings is 3. The predicted molar refractivity (Wildman–Crippen MR) is 108 cm³/mol. The second kappa shape index (κ2) is 9.69. The van der Waals surface area contributed by atoms with Gasteiger partial charge >= 0.3 is 6.09 Å². The first-order chi connectivity index (χ1) is 13.3. The minimum Gasteiger partial charge on any atom is -0.445 e. The van der Waals surface area contributed by atoms with Crippen LogP contribution in [0.2, 0.25) is 0 Å². The Balaban J connectivity index is 1.46. The van der Waals surface area contributed by atoms with Crippen LogP contribution in [0, 0.1) is 11.8 Å². The number of amides is 1. The molecule has 0 saturated carbocycles. The van der Waals surface area contributed by atoms with Crippen molar-refractivity contribution in [1.82, 2.24) is 5.32 Å². The van der Waals surface area contributed by atoms with Crippen molar-refractivity contribution in [2.75, 3.05) is 11.9 Å². The van der Waals surface area contributed by atoms with Gasteiger partial charge in [-0.3, -0.25) is 0 Å². The third-order valence-corrected chi connectivity index (χ3v) is 3.69. The molecule has 0 saturated heterocycles. The fraction of sp³-hybridized carbons (Fsp3) is 0.0870. The Hall–Kier alpha value is -3.71. The number of carbonyl (C=O) groups excluding carboxylic acids is 1. The minimum atomic E-state index is -0.479. The molecule has 0 atom stereocenters. The molecule has 3 rings (SSSR count). The van der Waals surface area contributed by atoms with Gasteiger partial charge in [0.25, 0.3) is 0 Å². The third-order valence-electron chi connectivity index (χ3n) is 3.69. The second-order valence-electron chi connectivity index (χ2n) is 5.79. The molecule has 4 nitrogen and oxygen atoms in total. The maximum absolute atomic E-state index is 11.7. The number of hydrogen-bond acceptors (Lipinski definition) is 3. The van der Waals surface area contributed by atoms with Gasteiger partial charge in [0.15, 0.2) is 0 Å². The topological polar surface area (TPSA) is 50.4 Å². The molecule has 0 bridgehead atoms. The van der Waals surface area contributed by atoms with Crippen molar-refractivity contribution in [3.63, 3.8) is 0 Å². The summed E-state index contributed by atoms with van der Waals surface area (Å²) >= 11 is 0. The van der Waals surface area contributed by atoms with Crippen molar-refractivity contribution in [2.45, 2.75) is 6.61 Å². The SMILES string of the molecule is O=C(NCC#Cc1cccc(Nc2ccccc2)c1)OCc1ccccc1. The van der Waals surface area contributed by atoms with Crippen molar-refractivity contribution in [3.8, 4) is 11.8 Å². The molecule has 0 unspecified atom stereocenters. The van der Waals surface area contributed by atoms with Crippen molar-refractivity contribution in [1.29, 1.82) is 0 Å². The van der Waals surface area contributed by atoms with Crippen LogP contribution < -0.4 is 10.6 Å². The lowest BCUT2D eigenvalue weighted by Gasteiger charge is -2.06. The van der Waals surface area contributed by atoms with E-state index in [0.717, 1.165) is 22.5 Å². The predicted octanol–water partition coefficient (Wildman–Crippen LogP) is 4.71. The first-order valence-corrected chi connectivity index (χ1v) is 8.65. The number of nitrogens with one attached hydrogen (secondary N) is 2. The Labute approximate surface area is 159 Å². The molecule has 3 aromatic carbocycles. The fourth-order valence-electron chi connectivity index (χ4n) is 2.40. The van der Waals surface area contributed by atoms with Crippen molar-refractivity contribution >= 4 is 17.5 Å². The van der Waals surface area contributed by atoms with E-state index in [1.165, 1.54) is 0 Å². The number of para-hydroxylation sites is 1. The molecule has 27 heavy (non-hydrogen) atoms. The molecule has 4 heteroatoms. The van der Waals surface area contributed by atoms with Gasteiger partial charge in [0.05, 0.1) is 6.54 Å². The van der Waals surface area contributed by atoms with Gasteiger partial charge in [0.2, 0.25) is 0 Å². The van der Waals surface area contributed by atoms with Crippen LogP contribution in [0.1, 0.15) is 11.1 Å². The number of ether oxygens (including phenoxy) is 1. The molecule has 0 heterocycles. The van der Waals surface area contributed by atoms with Gasteiger partial charge in [-0.05, 0) is 35.9 Å². The number of hydrogen-bond donors (Lipinski definition) is 2. The molecular formula is C23H20N2O2. The molecule has 0 radical (unpaired) electrons. The number of carbonyl (C=O) groups is 1. The Kier molecular flexibility index (Phi) is 6.49. The summed E-state index contributed by atoms with van der Waals surface area (Å²) in [5.41, 5.74) is 3.80. The summed E-state index contributed by atoms with van der Waals surface area (Å²) in [6.45, 7) is 0.470. The maximum atomic E-state index is 11.7. The van der Waals surface area contributed by atoms with Crippen LogP contribution in [0.15, 0.2) is 84.9 Å².